The van der Waals surface area contributed by atoms with Gasteiger partial charge in [0.25, 0.3) is 0 Å². The van der Waals surface area contributed by atoms with E-state index in [0.717, 1.165) is 66.6 Å². The second-order valence-electron chi connectivity index (χ2n) is 16.8. The highest BCUT2D eigenvalue weighted by molar-refractivity contribution is 6.25. The Kier molecular flexibility index (Phi) is 7.77. The number of aliphatic imine (C=N–C) groups is 2. The molecule has 0 radical (unpaired) electrons. The van der Waals surface area contributed by atoms with Gasteiger partial charge in [-0.25, -0.2) is 9.98 Å². The highest BCUT2D eigenvalue weighted by Crippen LogP contribution is 2.50. The lowest BCUT2D eigenvalue weighted by Gasteiger charge is -2.21. The Morgan fingerprint density at radius 3 is 1.05 bits per heavy atom. The van der Waals surface area contributed by atoms with E-state index in [1.807, 2.05) is 0 Å². The highest BCUT2D eigenvalue weighted by Gasteiger charge is 2.33. The first-order chi connectivity index (χ1) is 30.7. The molecule has 1 heterocycles. The first-order valence-electron chi connectivity index (χ1n) is 21.5. The Bertz CT molecular complexity index is 3290. The molecular weight excluding hydrogens is 749 g/mol. The Labute approximate surface area is 360 Å². The summed E-state index contributed by atoms with van der Waals surface area (Å²) in [6, 6.07) is 79.9. The Morgan fingerprint density at radius 1 is 0.258 bits per heavy atom. The molecular formula is C60H38N2. The minimum atomic E-state index is 0.174. The molecule has 0 spiro atoms. The molecule has 0 saturated carbocycles. The summed E-state index contributed by atoms with van der Waals surface area (Å²) in [5.74, 6) is 0.349. The molecule has 3 aliphatic rings. The third kappa shape index (κ3) is 5.43. The normalized spacial score (nSPS) is 17.3. The zero-order valence-electron chi connectivity index (χ0n) is 33.8. The lowest BCUT2D eigenvalue weighted by atomic mass is 9.88. The molecule has 2 aliphatic carbocycles. The van der Waals surface area contributed by atoms with Crippen molar-refractivity contribution in [3.05, 3.63) is 274 Å². The first kappa shape index (κ1) is 34.9. The van der Waals surface area contributed by atoms with Crippen LogP contribution in [0, 0.1) is 0 Å². The molecule has 0 N–H and O–H groups in total. The third-order valence-corrected chi connectivity index (χ3v) is 13.4. The summed E-state index contributed by atoms with van der Waals surface area (Å²) in [6.45, 7) is 0. The van der Waals surface area contributed by atoms with E-state index in [1.165, 1.54) is 55.6 Å². The van der Waals surface area contributed by atoms with Gasteiger partial charge in [-0.1, -0.05) is 182 Å². The van der Waals surface area contributed by atoms with Gasteiger partial charge in [-0.05, 0) is 114 Å². The smallest absolute Gasteiger partial charge is 0.0803 e. The van der Waals surface area contributed by atoms with Gasteiger partial charge in [0.15, 0.2) is 0 Å². The van der Waals surface area contributed by atoms with Gasteiger partial charge in [-0.2, -0.15) is 0 Å². The highest BCUT2D eigenvalue weighted by atomic mass is 14.8. The number of hydrogen-bond donors (Lipinski definition) is 0. The van der Waals surface area contributed by atoms with Gasteiger partial charge in [0.2, 0.25) is 0 Å². The van der Waals surface area contributed by atoms with Crippen LogP contribution in [0.2, 0.25) is 0 Å². The van der Waals surface area contributed by atoms with Crippen molar-refractivity contribution in [2.24, 2.45) is 9.98 Å². The molecule has 2 atom stereocenters. The fraction of sp³-hybridized carbons (Fsp3) is 0.0333. The van der Waals surface area contributed by atoms with E-state index in [0.29, 0.717) is 0 Å². The minimum absolute atomic E-state index is 0.174. The molecule has 0 saturated heterocycles. The maximum Gasteiger partial charge on any atom is 0.0803 e. The van der Waals surface area contributed by atoms with Crippen molar-refractivity contribution in [3.8, 4) is 22.3 Å². The number of rotatable bonds is 4. The summed E-state index contributed by atoms with van der Waals surface area (Å²) in [7, 11) is 0. The summed E-state index contributed by atoms with van der Waals surface area (Å²) in [5.41, 5.74) is 20.8. The number of nitrogens with zero attached hydrogens (tertiary/aromatic N) is 2. The van der Waals surface area contributed by atoms with Crippen LogP contribution in [-0.4, -0.2) is 11.4 Å². The molecule has 10 aromatic carbocycles. The van der Waals surface area contributed by atoms with Crippen molar-refractivity contribution in [2.45, 2.75) is 11.8 Å². The van der Waals surface area contributed by atoms with Gasteiger partial charge in [0.1, 0.15) is 0 Å². The van der Waals surface area contributed by atoms with Gasteiger partial charge in [0.05, 0.1) is 22.8 Å². The van der Waals surface area contributed by atoms with Crippen molar-refractivity contribution in [1.82, 2.24) is 0 Å². The van der Waals surface area contributed by atoms with Gasteiger partial charge < -0.3 is 0 Å². The second-order valence-corrected chi connectivity index (χ2v) is 16.8. The number of hydrogen-bond acceptors (Lipinski definition) is 2. The summed E-state index contributed by atoms with van der Waals surface area (Å²) in [4.78, 5) is 11.6. The molecule has 0 bridgehead atoms. The lowest BCUT2D eigenvalue weighted by Crippen LogP contribution is -2.11. The molecule has 2 unspecified atom stereocenters. The molecule has 62 heavy (non-hydrogen) atoms. The molecule has 10 aromatic rings. The predicted octanol–water partition coefficient (Wildman–Crippen LogP) is 15.0. The largest absolute Gasteiger partial charge is 0.247 e. The second kappa shape index (κ2) is 13.8. The topological polar surface area (TPSA) is 24.7 Å². The molecule has 0 aromatic heterocycles. The fourth-order valence-corrected chi connectivity index (χ4v) is 10.5. The quantitative estimate of drug-likeness (QED) is 0.170. The Balaban J connectivity index is 1.05. The minimum Gasteiger partial charge on any atom is -0.247 e. The van der Waals surface area contributed by atoms with Crippen LogP contribution in [0.5, 0.6) is 0 Å². The van der Waals surface area contributed by atoms with Gasteiger partial charge >= 0.3 is 0 Å². The van der Waals surface area contributed by atoms with Crippen LogP contribution in [0.15, 0.2) is 228 Å². The summed E-state index contributed by atoms with van der Waals surface area (Å²) >= 11 is 0. The van der Waals surface area contributed by atoms with Crippen molar-refractivity contribution < 1.29 is 0 Å². The molecule has 0 fully saturated rings. The van der Waals surface area contributed by atoms with E-state index in [4.69, 9.17) is 9.98 Å². The average Bonchev–Trinajstić information content (AvgIpc) is 3.84. The average molecular weight is 787 g/mol. The van der Waals surface area contributed by atoms with Crippen molar-refractivity contribution in [2.75, 3.05) is 0 Å². The van der Waals surface area contributed by atoms with Crippen LogP contribution in [0.25, 0.3) is 43.8 Å². The van der Waals surface area contributed by atoms with E-state index in [9.17, 15) is 0 Å². The predicted molar refractivity (Wildman–Crippen MR) is 257 cm³/mol. The molecule has 0 amide bonds. The molecule has 288 valence electrons. The Morgan fingerprint density at radius 2 is 0.613 bits per heavy atom. The van der Waals surface area contributed by atoms with Crippen molar-refractivity contribution >= 4 is 44.3 Å². The van der Waals surface area contributed by atoms with Crippen molar-refractivity contribution in [1.29, 1.82) is 0 Å². The van der Waals surface area contributed by atoms with E-state index in [-0.39, 0.29) is 11.8 Å². The zero-order chi connectivity index (χ0) is 40.7. The van der Waals surface area contributed by atoms with E-state index in [1.54, 1.807) is 0 Å². The van der Waals surface area contributed by atoms with Crippen LogP contribution < -0.4 is 0 Å². The Hall–Kier alpha value is -7.94. The number of benzene rings is 10. The third-order valence-electron chi connectivity index (χ3n) is 13.4. The summed E-state index contributed by atoms with van der Waals surface area (Å²) < 4.78 is 0. The van der Waals surface area contributed by atoms with Crippen LogP contribution in [0.3, 0.4) is 0 Å². The van der Waals surface area contributed by atoms with E-state index >= 15 is 0 Å². The van der Waals surface area contributed by atoms with Gasteiger partial charge in [-0.15, -0.1) is 0 Å². The van der Waals surface area contributed by atoms with Gasteiger partial charge in [0, 0.05) is 34.1 Å². The lowest BCUT2D eigenvalue weighted by molar-refractivity contribution is 1.01. The molecule has 1 aliphatic heterocycles. The van der Waals surface area contributed by atoms with Crippen LogP contribution in [-0.2, 0) is 0 Å². The maximum atomic E-state index is 5.80. The molecule has 2 nitrogen and oxygen atoms in total. The van der Waals surface area contributed by atoms with E-state index < -0.39 is 0 Å². The summed E-state index contributed by atoms with van der Waals surface area (Å²) in [5, 5.41) is 4.61. The van der Waals surface area contributed by atoms with Crippen molar-refractivity contribution in [3.63, 3.8) is 0 Å². The fourth-order valence-electron chi connectivity index (χ4n) is 10.5. The van der Waals surface area contributed by atoms with Crippen LogP contribution >= 0.6 is 0 Å². The number of fused-ring (bicyclic) bond motifs is 10. The SMILES string of the molecule is c1ccc(C2c3ccccc3-c3cc(/C4=N/c5cc6ccccc6cc5/C(c5ccc6c(c5)-c5ccccc5C6c5ccccc5)=N\c5cc6ccccc6cc54)ccc32)cc1. The first-order valence-corrected chi connectivity index (χ1v) is 21.5. The maximum absolute atomic E-state index is 5.80. The molecule has 13 rings (SSSR count). The van der Waals surface area contributed by atoms with Gasteiger partial charge in [-0.3, -0.25) is 0 Å². The zero-order valence-corrected chi connectivity index (χ0v) is 33.8. The monoisotopic (exact) mass is 786 g/mol. The van der Waals surface area contributed by atoms with Crippen LogP contribution in [0.1, 0.15) is 67.5 Å². The van der Waals surface area contributed by atoms with Crippen LogP contribution in [0.4, 0.5) is 11.4 Å². The molecule has 2 heteroatoms. The van der Waals surface area contributed by atoms with E-state index in [2.05, 4.69) is 218 Å². The summed E-state index contributed by atoms with van der Waals surface area (Å²) in [6.07, 6.45) is 0. The standard InChI is InChI=1S/C60H38N2/c1-3-15-37(16-4-1)57-47-25-13-11-23-45(47)51-33-43(27-29-49(51)57)59-53-31-39-19-7-9-21-41(39)35-55(53)62-60(54-32-40-20-8-10-22-42(40)36-56(54)61-59)44-28-30-50-52(34-44)46-24-12-14-26-48(46)58(50)38-17-5-2-6-18-38/h1-36,57-58H/b59-53?,60-54?,61-56?,61-59-,62-55?,62-60-.